The fraction of sp³-hybridized carbons (Fsp3) is 0.667. The summed E-state index contributed by atoms with van der Waals surface area (Å²) < 4.78 is 0. The maximum atomic E-state index is 3.65. The number of nitrogens with one attached hydrogen (secondary N) is 1. The predicted octanol–water partition coefficient (Wildman–Crippen LogP) is 3.21. The summed E-state index contributed by atoms with van der Waals surface area (Å²) >= 11 is 1.81. The fourth-order valence-corrected chi connectivity index (χ4v) is 2.83. The van der Waals surface area contributed by atoms with Crippen molar-refractivity contribution < 1.29 is 0 Å². The zero-order valence-electron chi connectivity index (χ0n) is 8.67. The molecular weight excluding hydrogens is 190 g/mol. The summed E-state index contributed by atoms with van der Waals surface area (Å²) in [7, 11) is 0. The van der Waals surface area contributed by atoms with Gasteiger partial charge in [0.2, 0.25) is 0 Å². The molecule has 2 rings (SSSR count). The van der Waals surface area contributed by atoms with Crippen molar-refractivity contribution in [3.63, 3.8) is 0 Å². The van der Waals surface area contributed by atoms with Crippen LogP contribution in [0.2, 0.25) is 0 Å². The van der Waals surface area contributed by atoms with E-state index in [0.29, 0.717) is 0 Å². The van der Waals surface area contributed by atoms with E-state index >= 15 is 0 Å². The van der Waals surface area contributed by atoms with E-state index in [9.17, 15) is 0 Å². The highest BCUT2D eigenvalue weighted by Crippen LogP contribution is 2.15. The van der Waals surface area contributed by atoms with Crippen molar-refractivity contribution >= 4 is 11.3 Å². The van der Waals surface area contributed by atoms with Crippen molar-refractivity contribution in [2.45, 2.75) is 44.6 Å². The van der Waals surface area contributed by atoms with E-state index in [2.05, 4.69) is 22.1 Å². The van der Waals surface area contributed by atoms with Gasteiger partial charge >= 0.3 is 0 Å². The molecule has 0 amide bonds. The molecule has 14 heavy (non-hydrogen) atoms. The minimum Gasteiger partial charge on any atom is -0.314 e. The van der Waals surface area contributed by atoms with Gasteiger partial charge in [-0.15, -0.1) is 0 Å². The molecule has 0 spiro atoms. The minimum absolute atomic E-state index is 0.775. The smallest absolute Gasteiger partial charge is 0.00702 e. The number of hydrogen-bond acceptors (Lipinski definition) is 2. The van der Waals surface area contributed by atoms with E-state index in [-0.39, 0.29) is 0 Å². The molecular formula is C12H19NS. The first-order valence-corrected chi connectivity index (χ1v) is 6.64. The molecule has 1 aliphatic heterocycles. The Hall–Kier alpha value is -0.340. The zero-order valence-corrected chi connectivity index (χ0v) is 9.48. The lowest BCUT2D eigenvalue weighted by atomic mass is 10.0. The van der Waals surface area contributed by atoms with Crippen LogP contribution in [0.3, 0.4) is 0 Å². The van der Waals surface area contributed by atoms with Gasteiger partial charge in [-0.3, -0.25) is 0 Å². The first-order chi connectivity index (χ1) is 6.95. The zero-order chi connectivity index (χ0) is 9.64. The molecule has 1 aromatic heterocycles. The van der Waals surface area contributed by atoms with E-state index in [1.165, 1.54) is 50.6 Å². The molecule has 78 valence electrons. The van der Waals surface area contributed by atoms with E-state index in [1.54, 1.807) is 0 Å². The molecule has 0 aromatic carbocycles. The van der Waals surface area contributed by atoms with Gasteiger partial charge in [-0.2, -0.15) is 11.3 Å². The van der Waals surface area contributed by atoms with Gasteiger partial charge in [0.1, 0.15) is 0 Å². The van der Waals surface area contributed by atoms with Gasteiger partial charge in [-0.05, 0) is 54.6 Å². The van der Waals surface area contributed by atoms with E-state index in [4.69, 9.17) is 0 Å². The molecule has 1 N–H and O–H groups in total. The van der Waals surface area contributed by atoms with Crippen molar-refractivity contribution in [1.82, 2.24) is 5.32 Å². The number of rotatable bonds is 3. The van der Waals surface area contributed by atoms with Crippen LogP contribution in [-0.4, -0.2) is 12.6 Å². The Bertz CT molecular complexity index is 235. The standard InChI is InChI=1S/C12H19NS/c1-2-4-12(13-8-3-1)6-5-11-7-9-14-10-11/h7,9-10,12-13H,1-6,8H2. The van der Waals surface area contributed by atoms with Gasteiger partial charge in [-0.1, -0.05) is 12.8 Å². The summed E-state index contributed by atoms with van der Waals surface area (Å²) in [6, 6.07) is 3.03. The Kier molecular flexibility index (Phi) is 4.02. The average molecular weight is 209 g/mol. The summed E-state index contributed by atoms with van der Waals surface area (Å²) in [5.74, 6) is 0. The second-order valence-corrected chi connectivity index (χ2v) is 4.95. The molecule has 0 bridgehead atoms. The van der Waals surface area contributed by atoms with Gasteiger partial charge in [-0.25, -0.2) is 0 Å². The van der Waals surface area contributed by atoms with Crippen molar-refractivity contribution in [2.75, 3.05) is 6.54 Å². The lowest BCUT2D eigenvalue weighted by Gasteiger charge is -2.14. The van der Waals surface area contributed by atoms with E-state index in [1.807, 2.05) is 11.3 Å². The third kappa shape index (κ3) is 3.10. The highest BCUT2D eigenvalue weighted by molar-refractivity contribution is 7.07. The summed E-state index contributed by atoms with van der Waals surface area (Å²) in [4.78, 5) is 0. The molecule has 0 aliphatic carbocycles. The first kappa shape index (κ1) is 10.2. The van der Waals surface area contributed by atoms with Crippen molar-refractivity contribution in [3.05, 3.63) is 22.4 Å². The predicted molar refractivity (Wildman–Crippen MR) is 62.9 cm³/mol. The summed E-state index contributed by atoms with van der Waals surface area (Å²) in [6.45, 7) is 1.23. The lowest BCUT2D eigenvalue weighted by molar-refractivity contribution is 0.478. The molecule has 1 unspecified atom stereocenters. The van der Waals surface area contributed by atoms with Crippen LogP contribution in [0.15, 0.2) is 16.8 Å². The number of thiophene rings is 1. The van der Waals surface area contributed by atoms with Gasteiger partial charge in [0, 0.05) is 6.04 Å². The normalized spacial score (nSPS) is 23.3. The number of aryl methyl sites for hydroxylation is 1. The van der Waals surface area contributed by atoms with Crippen LogP contribution in [0.1, 0.15) is 37.7 Å². The number of hydrogen-bond donors (Lipinski definition) is 1. The monoisotopic (exact) mass is 209 g/mol. The molecule has 0 radical (unpaired) electrons. The van der Waals surface area contributed by atoms with Gasteiger partial charge in [0.05, 0.1) is 0 Å². The fourth-order valence-electron chi connectivity index (χ4n) is 2.12. The SMILES string of the molecule is c1cc(CCC2CCCCCN2)cs1. The molecule has 1 aromatic rings. The van der Waals surface area contributed by atoms with Crippen molar-refractivity contribution in [2.24, 2.45) is 0 Å². The molecule has 1 saturated heterocycles. The van der Waals surface area contributed by atoms with Crippen LogP contribution in [0.5, 0.6) is 0 Å². The molecule has 1 atom stereocenters. The van der Waals surface area contributed by atoms with Gasteiger partial charge in [0.25, 0.3) is 0 Å². The molecule has 1 nitrogen and oxygen atoms in total. The molecule has 1 fully saturated rings. The highest BCUT2D eigenvalue weighted by atomic mass is 32.1. The van der Waals surface area contributed by atoms with Crippen LogP contribution in [0.4, 0.5) is 0 Å². The first-order valence-electron chi connectivity index (χ1n) is 5.69. The van der Waals surface area contributed by atoms with Gasteiger partial charge in [0.15, 0.2) is 0 Å². The van der Waals surface area contributed by atoms with Crippen LogP contribution >= 0.6 is 11.3 Å². The Balaban J connectivity index is 1.73. The molecule has 1 aliphatic rings. The maximum absolute atomic E-state index is 3.65. The van der Waals surface area contributed by atoms with E-state index in [0.717, 1.165) is 6.04 Å². The molecule has 2 heterocycles. The van der Waals surface area contributed by atoms with E-state index < -0.39 is 0 Å². The largest absolute Gasteiger partial charge is 0.314 e. The third-order valence-electron chi connectivity index (χ3n) is 3.02. The molecule has 0 saturated carbocycles. The Morgan fingerprint density at radius 1 is 1.36 bits per heavy atom. The van der Waals surface area contributed by atoms with Crippen LogP contribution in [0, 0.1) is 0 Å². The lowest BCUT2D eigenvalue weighted by Crippen LogP contribution is -2.28. The summed E-state index contributed by atoms with van der Waals surface area (Å²) in [6.07, 6.45) is 8.15. The Labute approximate surface area is 90.5 Å². The minimum atomic E-state index is 0.775. The van der Waals surface area contributed by atoms with Crippen LogP contribution < -0.4 is 5.32 Å². The molecule has 2 heteroatoms. The average Bonchev–Trinajstić information content (AvgIpc) is 2.58. The second-order valence-electron chi connectivity index (χ2n) is 4.17. The van der Waals surface area contributed by atoms with Crippen molar-refractivity contribution in [3.8, 4) is 0 Å². The van der Waals surface area contributed by atoms with Crippen LogP contribution in [0.25, 0.3) is 0 Å². The Morgan fingerprint density at radius 2 is 2.36 bits per heavy atom. The third-order valence-corrected chi connectivity index (χ3v) is 3.76. The second kappa shape index (κ2) is 5.52. The topological polar surface area (TPSA) is 12.0 Å². The highest BCUT2D eigenvalue weighted by Gasteiger charge is 2.10. The summed E-state index contributed by atoms with van der Waals surface area (Å²) in [5.41, 5.74) is 1.51. The van der Waals surface area contributed by atoms with Crippen molar-refractivity contribution in [1.29, 1.82) is 0 Å². The van der Waals surface area contributed by atoms with Gasteiger partial charge < -0.3 is 5.32 Å². The summed E-state index contributed by atoms with van der Waals surface area (Å²) in [5, 5.41) is 8.10. The van der Waals surface area contributed by atoms with Crippen LogP contribution in [-0.2, 0) is 6.42 Å². The quantitative estimate of drug-likeness (QED) is 0.806. The maximum Gasteiger partial charge on any atom is 0.00702 e. The Morgan fingerprint density at radius 3 is 3.21 bits per heavy atom.